The highest BCUT2D eigenvalue weighted by Gasteiger charge is 2.21. The molecule has 0 aromatic heterocycles. The number of hydrogen-bond acceptors (Lipinski definition) is 0. The molecular weight excluding hydrogens is 204 g/mol. The Kier molecular flexibility index (Phi) is 3.69. The van der Waals surface area contributed by atoms with Crippen molar-refractivity contribution in [3.63, 3.8) is 0 Å². The van der Waals surface area contributed by atoms with Gasteiger partial charge in [-0.3, -0.25) is 0 Å². The van der Waals surface area contributed by atoms with Gasteiger partial charge < -0.3 is 0 Å². The molecule has 0 saturated heterocycles. The molecule has 1 aliphatic carbocycles. The van der Waals surface area contributed by atoms with Gasteiger partial charge >= 0.3 is 0 Å². The van der Waals surface area contributed by atoms with Crippen LogP contribution in [0.2, 0.25) is 0 Å². The molecule has 1 atom stereocenters. The summed E-state index contributed by atoms with van der Waals surface area (Å²) in [6.45, 7) is 2.18. The fourth-order valence-corrected chi connectivity index (χ4v) is 2.52. The zero-order valence-corrected chi connectivity index (χ0v) is 10.1. The first-order valence-electron chi connectivity index (χ1n) is 6.02. The molecule has 0 nitrogen and oxygen atoms in total. The van der Waals surface area contributed by atoms with Crippen molar-refractivity contribution in [3.05, 3.63) is 35.4 Å². The minimum Gasteiger partial charge on any atom is -0.118 e. The van der Waals surface area contributed by atoms with E-state index in [4.69, 9.17) is 11.6 Å². The van der Waals surface area contributed by atoms with Gasteiger partial charge in [0.05, 0.1) is 5.38 Å². The summed E-state index contributed by atoms with van der Waals surface area (Å²) in [5.41, 5.74) is 2.69. The lowest BCUT2D eigenvalue weighted by Crippen LogP contribution is -2.12. The SMILES string of the molecule is CCc1ccc(C(Cl)CC2CCC2)cc1. The van der Waals surface area contributed by atoms with Gasteiger partial charge in [0.15, 0.2) is 0 Å². The summed E-state index contributed by atoms with van der Waals surface area (Å²) in [6.07, 6.45) is 6.44. The lowest BCUT2D eigenvalue weighted by atomic mass is 9.81. The molecule has 2 rings (SSSR count). The summed E-state index contributed by atoms with van der Waals surface area (Å²) in [4.78, 5) is 0. The first-order chi connectivity index (χ1) is 7.29. The van der Waals surface area contributed by atoms with Crippen LogP contribution < -0.4 is 0 Å². The maximum atomic E-state index is 6.41. The summed E-state index contributed by atoms with van der Waals surface area (Å²) >= 11 is 6.41. The lowest BCUT2D eigenvalue weighted by Gasteiger charge is -2.27. The molecule has 1 saturated carbocycles. The van der Waals surface area contributed by atoms with E-state index in [1.54, 1.807) is 0 Å². The smallest absolute Gasteiger partial charge is 0.0587 e. The number of alkyl halides is 1. The molecule has 1 aliphatic rings. The molecule has 1 aromatic rings. The van der Waals surface area contributed by atoms with E-state index in [0.717, 1.165) is 18.8 Å². The average molecular weight is 223 g/mol. The Labute approximate surface area is 97.6 Å². The van der Waals surface area contributed by atoms with E-state index in [0.29, 0.717) is 0 Å². The van der Waals surface area contributed by atoms with Crippen LogP contribution in [-0.2, 0) is 6.42 Å². The normalized spacial score (nSPS) is 18.5. The van der Waals surface area contributed by atoms with E-state index >= 15 is 0 Å². The van der Waals surface area contributed by atoms with E-state index < -0.39 is 0 Å². The molecule has 0 aliphatic heterocycles. The highest BCUT2D eigenvalue weighted by atomic mass is 35.5. The molecule has 1 aromatic carbocycles. The maximum Gasteiger partial charge on any atom is 0.0587 e. The van der Waals surface area contributed by atoms with Gasteiger partial charge in [-0.25, -0.2) is 0 Å². The molecule has 1 heteroatoms. The van der Waals surface area contributed by atoms with Crippen LogP contribution in [-0.4, -0.2) is 0 Å². The van der Waals surface area contributed by atoms with Crippen molar-refractivity contribution >= 4 is 11.6 Å². The summed E-state index contributed by atoms with van der Waals surface area (Å²) in [5, 5.41) is 0.223. The van der Waals surface area contributed by atoms with Crippen LogP contribution in [0, 0.1) is 5.92 Å². The Bertz CT molecular complexity index is 298. The van der Waals surface area contributed by atoms with Crippen LogP contribution in [0.3, 0.4) is 0 Å². The standard InChI is InChI=1S/C14H19Cl/c1-2-11-6-8-13(9-7-11)14(15)10-12-4-3-5-12/h6-9,12,14H,2-5,10H2,1H3. The number of rotatable bonds is 4. The van der Waals surface area contributed by atoms with E-state index in [-0.39, 0.29) is 5.38 Å². The quantitative estimate of drug-likeness (QED) is 0.647. The van der Waals surface area contributed by atoms with Gasteiger partial charge in [-0.2, -0.15) is 0 Å². The van der Waals surface area contributed by atoms with Gasteiger partial charge in [-0.1, -0.05) is 50.5 Å². The van der Waals surface area contributed by atoms with Crippen LogP contribution in [0.5, 0.6) is 0 Å². The Hall–Kier alpha value is -0.490. The molecule has 82 valence electrons. The number of halogens is 1. The van der Waals surface area contributed by atoms with Crippen LogP contribution in [0.15, 0.2) is 24.3 Å². The fraction of sp³-hybridized carbons (Fsp3) is 0.571. The molecule has 0 N–H and O–H groups in total. The topological polar surface area (TPSA) is 0 Å². The summed E-state index contributed by atoms with van der Waals surface area (Å²) < 4.78 is 0. The Morgan fingerprint density at radius 2 is 1.93 bits per heavy atom. The second-order valence-electron chi connectivity index (χ2n) is 4.60. The highest BCUT2D eigenvalue weighted by Crippen LogP contribution is 2.37. The Morgan fingerprint density at radius 1 is 1.27 bits per heavy atom. The van der Waals surface area contributed by atoms with Crippen molar-refractivity contribution in [1.82, 2.24) is 0 Å². The molecule has 0 heterocycles. The van der Waals surface area contributed by atoms with Gasteiger partial charge in [-0.15, -0.1) is 11.6 Å². The predicted octanol–water partition coefficient (Wildman–Crippen LogP) is 4.72. The average Bonchev–Trinajstić information content (AvgIpc) is 2.23. The maximum absolute atomic E-state index is 6.41. The molecular formula is C14H19Cl. The van der Waals surface area contributed by atoms with Crippen LogP contribution >= 0.6 is 11.6 Å². The largest absolute Gasteiger partial charge is 0.118 e. The summed E-state index contributed by atoms with van der Waals surface area (Å²) in [6, 6.07) is 8.78. The predicted molar refractivity (Wildman–Crippen MR) is 66.4 cm³/mol. The van der Waals surface area contributed by atoms with Crippen molar-refractivity contribution in [1.29, 1.82) is 0 Å². The first-order valence-corrected chi connectivity index (χ1v) is 6.46. The van der Waals surface area contributed by atoms with Gasteiger partial charge in [0.1, 0.15) is 0 Å². The molecule has 0 spiro atoms. The van der Waals surface area contributed by atoms with Gasteiger partial charge in [-0.05, 0) is 29.9 Å². The fourth-order valence-electron chi connectivity index (χ4n) is 2.12. The van der Waals surface area contributed by atoms with Crippen LogP contribution in [0.4, 0.5) is 0 Å². The van der Waals surface area contributed by atoms with Crippen molar-refractivity contribution in [2.75, 3.05) is 0 Å². The van der Waals surface area contributed by atoms with Gasteiger partial charge in [0.2, 0.25) is 0 Å². The zero-order chi connectivity index (χ0) is 10.7. The van der Waals surface area contributed by atoms with E-state index in [1.165, 1.54) is 30.4 Å². The first kappa shape index (κ1) is 11.0. The third-order valence-electron chi connectivity index (χ3n) is 3.51. The zero-order valence-electron chi connectivity index (χ0n) is 9.38. The second kappa shape index (κ2) is 5.03. The number of hydrogen-bond donors (Lipinski definition) is 0. The molecule has 15 heavy (non-hydrogen) atoms. The third-order valence-corrected chi connectivity index (χ3v) is 3.94. The Balaban J connectivity index is 1.94. The van der Waals surface area contributed by atoms with Crippen molar-refractivity contribution in [2.24, 2.45) is 5.92 Å². The van der Waals surface area contributed by atoms with Crippen molar-refractivity contribution in [2.45, 2.75) is 44.4 Å². The second-order valence-corrected chi connectivity index (χ2v) is 5.12. The molecule has 1 fully saturated rings. The van der Waals surface area contributed by atoms with E-state index in [2.05, 4.69) is 31.2 Å². The van der Waals surface area contributed by atoms with Gasteiger partial charge in [0, 0.05) is 0 Å². The molecule has 0 amide bonds. The van der Waals surface area contributed by atoms with Crippen LogP contribution in [0.25, 0.3) is 0 Å². The van der Waals surface area contributed by atoms with E-state index in [1.807, 2.05) is 0 Å². The van der Waals surface area contributed by atoms with E-state index in [9.17, 15) is 0 Å². The highest BCUT2D eigenvalue weighted by molar-refractivity contribution is 6.20. The number of aryl methyl sites for hydroxylation is 1. The van der Waals surface area contributed by atoms with Crippen molar-refractivity contribution in [3.8, 4) is 0 Å². The lowest BCUT2D eigenvalue weighted by molar-refractivity contribution is 0.293. The minimum atomic E-state index is 0.223. The summed E-state index contributed by atoms with van der Waals surface area (Å²) in [5.74, 6) is 0.887. The molecule has 1 unspecified atom stereocenters. The van der Waals surface area contributed by atoms with Crippen LogP contribution in [0.1, 0.15) is 49.1 Å². The van der Waals surface area contributed by atoms with Gasteiger partial charge in [0.25, 0.3) is 0 Å². The number of benzene rings is 1. The summed E-state index contributed by atoms with van der Waals surface area (Å²) in [7, 11) is 0. The van der Waals surface area contributed by atoms with Crippen molar-refractivity contribution < 1.29 is 0 Å². The minimum absolute atomic E-state index is 0.223. The molecule has 0 bridgehead atoms. The Morgan fingerprint density at radius 3 is 2.40 bits per heavy atom. The molecule has 0 radical (unpaired) electrons. The third kappa shape index (κ3) is 2.75. The monoisotopic (exact) mass is 222 g/mol.